The van der Waals surface area contributed by atoms with Crippen molar-refractivity contribution in [3.63, 3.8) is 0 Å². The summed E-state index contributed by atoms with van der Waals surface area (Å²) >= 11 is 0. The van der Waals surface area contributed by atoms with Crippen LogP contribution in [0, 0.1) is 0 Å². The highest BCUT2D eigenvalue weighted by Crippen LogP contribution is 2.26. The van der Waals surface area contributed by atoms with Crippen molar-refractivity contribution in [2.75, 3.05) is 49.9 Å². The Morgan fingerprint density at radius 1 is 0.692 bits per heavy atom. The van der Waals surface area contributed by atoms with Crippen molar-refractivity contribution in [3.8, 4) is 0 Å². The van der Waals surface area contributed by atoms with E-state index in [-0.39, 0.29) is 36.6 Å². The van der Waals surface area contributed by atoms with Gasteiger partial charge in [0.25, 0.3) is 17.6 Å². The first-order valence-corrected chi connectivity index (χ1v) is 17.5. The second-order valence-electron chi connectivity index (χ2n) is 12.6. The van der Waals surface area contributed by atoms with Crippen LogP contribution in [0.5, 0.6) is 0 Å². The molecule has 272 valence electrons. The lowest BCUT2D eigenvalue weighted by Crippen LogP contribution is -2.52. The molecule has 6 amide bonds. The van der Waals surface area contributed by atoms with Gasteiger partial charge in [0, 0.05) is 62.1 Å². The molecular weight excluding hydrogens is 665 g/mol. The Bertz CT molecular complexity index is 1860. The van der Waals surface area contributed by atoms with Crippen molar-refractivity contribution in [1.82, 2.24) is 25.4 Å². The van der Waals surface area contributed by atoms with Crippen LogP contribution in [0.1, 0.15) is 59.2 Å². The largest absolute Gasteiger partial charge is 0.488 e. The number of fused-ring (bicyclic) bond motifs is 1. The second kappa shape index (κ2) is 18.5. The third kappa shape index (κ3) is 10.2. The van der Waals surface area contributed by atoms with E-state index in [9.17, 15) is 34.0 Å². The zero-order valence-corrected chi connectivity index (χ0v) is 28.9. The number of anilines is 2. The molecule has 14 nitrogen and oxygen atoms in total. The number of hydrogen-bond acceptors (Lipinski definition) is 7. The van der Waals surface area contributed by atoms with Crippen LogP contribution in [0.4, 0.5) is 21.0 Å². The summed E-state index contributed by atoms with van der Waals surface area (Å²) in [4.78, 5) is 70.1. The number of unbranched alkanes of at least 4 members (excludes halogenated alkanes) is 5. The number of Topliss-reactive ketones (excluding diaryl/α,β-unsaturated/α-hetero) is 1. The number of urea groups is 2. The minimum absolute atomic E-state index is 0.103. The molecular formula is C37H44BN7O7. The van der Waals surface area contributed by atoms with Gasteiger partial charge < -0.3 is 46.1 Å². The van der Waals surface area contributed by atoms with Crippen LogP contribution >= 0.6 is 0 Å². The quantitative estimate of drug-likeness (QED) is 0.0426. The first-order chi connectivity index (χ1) is 25.2. The van der Waals surface area contributed by atoms with Crippen LogP contribution in [-0.2, 0) is 4.79 Å². The normalized spacial score (nSPS) is 12.7. The topological polar surface area (TPSA) is 196 Å². The number of carbonyl (C=O) groups excluding carboxylic acids is 5. The summed E-state index contributed by atoms with van der Waals surface area (Å²) in [6.07, 6.45) is 6.98. The van der Waals surface area contributed by atoms with Crippen LogP contribution in [0.15, 0.2) is 79.0 Å². The van der Waals surface area contributed by atoms with Gasteiger partial charge in [0.1, 0.15) is 0 Å². The molecule has 1 aliphatic heterocycles. The molecule has 7 N–H and O–H groups in total. The fourth-order valence-electron chi connectivity index (χ4n) is 6.06. The Labute approximate surface area is 302 Å². The predicted octanol–water partition coefficient (Wildman–Crippen LogP) is 3.30. The lowest BCUT2D eigenvalue weighted by molar-refractivity contribution is -0.127. The van der Waals surface area contributed by atoms with Crippen molar-refractivity contribution in [2.24, 2.45) is 0 Å². The van der Waals surface area contributed by atoms with E-state index in [1.54, 1.807) is 65.6 Å². The number of nitrogens with zero attached hydrogens (tertiary/aromatic N) is 2. The number of aromatic nitrogens is 1. The number of aromatic amines is 1. The van der Waals surface area contributed by atoms with E-state index < -0.39 is 18.8 Å². The number of amides is 6. The van der Waals surface area contributed by atoms with E-state index in [1.807, 2.05) is 6.07 Å². The molecule has 4 aromatic rings. The van der Waals surface area contributed by atoms with Crippen LogP contribution < -0.4 is 26.7 Å². The Morgan fingerprint density at radius 3 is 1.98 bits per heavy atom. The molecule has 1 aliphatic rings. The van der Waals surface area contributed by atoms with Crippen molar-refractivity contribution < 1.29 is 34.0 Å². The summed E-state index contributed by atoms with van der Waals surface area (Å²) in [6.45, 7) is 2.20. The number of benzene rings is 3. The van der Waals surface area contributed by atoms with Gasteiger partial charge in [-0.15, -0.1) is 0 Å². The lowest BCUT2D eigenvalue weighted by atomic mass is 9.80. The SMILES string of the molecule is O=C(NCCCCCCCCNC(=O)Nc1cccc2c(C(=O)C(=O)N3CCN(C(=O)c4ccccc4)CC3)c[nH]c12)Nc1cccc(B(O)O)c1. The van der Waals surface area contributed by atoms with E-state index >= 15 is 0 Å². The van der Waals surface area contributed by atoms with Crippen LogP contribution in [0.25, 0.3) is 10.9 Å². The van der Waals surface area contributed by atoms with E-state index in [2.05, 4.69) is 26.3 Å². The Hall–Kier alpha value is -5.67. The molecule has 1 aromatic heterocycles. The summed E-state index contributed by atoms with van der Waals surface area (Å²) in [5.41, 5.74) is 2.59. The van der Waals surface area contributed by atoms with Gasteiger partial charge in [-0.25, -0.2) is 9.59 Å². The van der Waals surface area contributed by atoms with Gasteiger partial charge in [0.15, 0.2) is 0 Å². The summed E-state index contributed by atoms with van der Waals surface area (Å²) < 4.78 is 0. The molecule has 0 radical (unpaired) electrons. The average molecular weight is 710 g/mol. The minimum Gasteiger partial charge on any atom is -0.423 e. The number of hydrogen-bond donors (Lipinski definition) is 7. The van der Waals surface area contributed by atoms with E-state index in [0.717, 1.165) is 38.5 Å². The lowest BCUT2D eigenvalue weighted by Gasteiger charge is -2.34. The molecule has 1 saturated heterocycles. The third-order valence-corrected chi connectivity index (χ3v) is 8.89. The summed E-state index contributed by atoms with van der Waals surface area (Å²) in [5.74, 6) is -1.39. The van der Waals surface area contributed by atoms with Gasteiger partial charge >= 0.3 is 19.2 Å². The van der Waals surface area contributed by atoms with Gasteiger partial charge in [0.2, 0.25) is 0 Å². The van der Waals surface area contributed by atoms with Gasteiger partial charge in [-0.1, -0.05) is 68.1 Å². The number of carbonyl (C=O) groups is 5. The molecule has 52 heavy (non-hydrogen) atoms. The fraction of sp³-hybridized carbons (Fsp3) is 0.324. The zero-order valence-electron chi connectivity index (χ0n) is 28.9. The van der Waals surface area contributed by atoms with Gasteiger partial charge in [0.05, 0.1) is 16.8 Å². The summed E-state index contributed by atoms with van der Waals surface area (Å²) in [5, 5.41) is 30.2. The van der Waals surface area contributed by atoms with Gasteiger partial charge in [-0.05, 0) is 48.6 Å². The standard InChI is InChI=1S/C37H44BN7O7/c46-33(35(48)45-22-20-44(21-23-45)34(47)26-12-6-5-7-13-26)30-25-41-32-29(30)16-11-17-31(32)43-37(50)40-19-9-4-2-1-3-8-18-39-36(49)42-28-15-10-14-27(24-28)38(51)52/h5-7,10-17,24-25,41,51-52H,1-4,8-9,18-23H2,(H2,39,42,49)(H2,40,43,50). The van der Waals surface area contributed by atoms with Crippen molar-refractivity contribution in [2.45, 2.75) is 38.5 Å². The first-order valence-electron chi connectivity index (χ1n) is 17.5. The highest BCUT2D eigenvalue weighted by Gasteiger charge is 2.30. The zero-order chi connectivity index (χ0) is 36.9. The molecule has 0 bridgehead atoms. The smallest absolute Gasteiger partial charge is 0.423 e. The third-order valence-electron chi connectivity index (χ3n) is 8.89. The van der Waals surface area contributed by atoms with E-state index in [1.165, 1.54) is 17.2 Å². The molecule has 0 spiro atoms. The Kier molecular flexibility index (Phi) is 13.4. The number of para-hydroxylation sites is 1. The van der Waals surface area contributed by atoms with Crippen molar-refractivity contribution >= 4 is 64.5 Å². The van der Waals surface area contributed by atoms with Crippen molar-refractivity contribution in [3.05, 3.63) is 90.1 Å². The maximum atomic E-state index is 13.3. The molecule has 0 unspecified atom stereocenters. The van der Waals surface area contributed by atoms with Gasteiger partial charge in [-0.3, -0.25) is 14.4 Å². The highest BCUT2D eigenvalue weighted by atomic mass is 16.4. The monoisotopic (exact) mass is 709 g/mol. The fourth-order valence-corrected chi connectivity index (χ4v) is 6.06. The average Bonchev–Trinajstić information content (AvgIpc) is 3.60. The number of piperazine rings is 1. The molecule has 0 aliphatic carbocycles. The Morgan fingerprint density at radius 2 is 1.31 bits per heavy atom. The number of H-pyrrole nitrogens is 1. The summed E-state index contributed by atoms with van der Waals surface area (Å²) in [6, 6.07) is 19.7. The molecule has 1 fully saturated rings. The number of ketones is 1. The minimum atomic E-state index is -1.60. The van der Waals surface area contributed by atoms with E-state index in [4.69, 9.17) is 0 Å². The van der Waals surface area contributed by atoms with Crippen LogP contribution in [0.2, 0.25) is 0 Å². The van der Waals surface area contributed by atoms with E-state index in [0.29, 0.717) is 59.5 Å². The molecule has 0 atom stereocenters. The number of nitrogens with one attached hydrogen (secondary N) is 5. The molecule has 0 saturated carbocycles. The van der Waals surface area contributed by atoms with Crippen LogP contribution in [0.3, 0.4) is 0 Å². The number of rotatable bonds is 15. The maximum absolute atomic E-state index is 13.3. The maximum Gasteiger partial charge on any atom is 0.488 e. The Balaban J connectivity index is 0.966. The molecule has 3 aromatic carbocycles. The summed E-state index contributed by atoms with van der Waals surface area (Å²) in [7, 11) is -1.60. The van der Waals surface area contributed by atoms with Crippen LogP contribution in [-0.4, -0.2) is 101 Å². The second-order valence-corrected chi connectivity index (χ2v) is 12.6. The highest BCUT2D eigenvalue weighted by molar-refractivity contribution is 6.58. The molecule has 2 heterocycles. The van der Waals surface area contributed by atoms with Crippen molar-refractivity contribution in [1.29, 1.82) is 0 Å². The van der Waals surface area contributed by atoms with Gasteiger partial charge in [-0.2, -0.15) is 0 Å². The predicted molar refractivity (Wildman–Crippen MR) is 200 cm³/mol. The molecule has 5 rings (SSSR count). The first kappa shape index (κ1) is 37.6. The molecule has 15 heteroatoms.